The van der Waals surface area contributed by atoms with Crippen LogP contribution >= 0.6 is 0 Å². The lowest BCUT2D eigenvalue weighted by Crippen LogP contribution is -2.58. The minimum atomic E-state index is -3.90. The number of amides is 5. The van der Waals surface area contributed by atoms with Gasteiger partial charge in [-0.25, -0.2) is 18.0 Å². The number of fused-ring (bicyclic) bond motifs is 3. The van der Waals surface area contributed by atoms with Gasteiger partial charge in [-0.3, -0.25) is 24.0 Å². The summed E-state index contributed by atoms with van der Waals surface area (Å²) in [7, 11) is -2.34. The fourth-order valence-corrected chi connectivity index (χ4v) is 8.51. The second-order valence-corrected chi connectivity index (χ2v) is 17.4. The first kappa shape index (κ1) is 37.4. The third-order valence-electron chi connectivity index (χ3n) is 10.2. The Bertz CT molecular complexity index is 1740. The highest BCUT2D eigenvalue weighted by Gasteiger charge is 2.62. The molecule has 52 heavy (non-hydrogen) atoms. The zero-order valence-corrected chi connectivity index (χ0v) is 31.0. The number of sulfonamides is 1. The van der Waals surface area contributed by atoms with Gasteiger partial charge in [0.2, 0.25) is 21.8 Å². The summed E-state index contributed by atoms with van der Waals surface area (Å²) < 4.78 is 44.4. The van der Waals surface area contributed by atoms with E-state index in [2.05, 4.69) is 15.4 Å². The molecule has 0 aromatic heterocycles. The first-order chi connectivity index (χ1) is 24.6. The molecule has 1 aromatic carbocycles. The maximum atomic E-state index is 14.3. The van der Waals surface area contributed by atoms with Crippen LogP contribution in [0.15, 0.2) is 30.4 Å². The number of ether oxygens (including phenoxy) is 3. The molecule has 1 saturated heterocycles. The van der Waals surface area contributed by atoms with Gasteiger partial charge in [-0.1, -0.05) is 31.1 Å². The predicted molar refractivity (Wildman–Crippen MR) is 187 cm³/mol. The summed E-state index contributed by atoms with van der Waals surface area (Å²) in [6.07, 6.45) is 5.56. The van der Waals surface area contributed by atoms with Crippen LogP contribution in [0.1, 0.15) is 89.7 Å². The van der Waals surface area contributed by atoms with Crippen LogP contribution in [0.25, 0.3) is 0 Å². The maximum absolute atomic E-state index is 14.3. The number of carbonyl (C=O) groups is 5. The lowest BCUT2D eigenvalue weighted by Gasteiger charge is -2.30. The summed E-state index contributed by atoms with van der Waals surface area (Å²) in [6.45, 7) is 5.60. The SMILES string of the molecule is COc1ccc2c(c1)CN(C(=O)O[C@@H]1CC3C(=O)N[C@]4(C(=O)NS(=O)(=O)C5CC5)C[C@@H]4/C=C\CCCCC[C@H](NC(=O)OC(C)(C)C)C(=O)N3C1)C2. The summed E-state index contributed by atoms with van der Waals surface area (Å²) in [5.41, 5.74) is -0.489. The molecule has 15 nitrogen and oxygen atoms in total. The molecule has 2 saturated carbocycles. The van der Waals surface area contributed by atoms with Gasteiger partial charge in [0.05, 0.1) is 18.9 Å². The molecule has 5 aliphatic rings. The molecule has 3 aliphatic heterocycles. The van der Waals surface area contributed by atoms with E-state index in [0.29, 0.717) is 44.5 Å². The normalized spacial score (nSPS) is 28.5. The van der Waals surface area contributed by atoms with Crippen molar-refractivity contribution in [1.29, 1.82) is 0 Å². The van der Waals surface area contributed by atoms with E-state index in [-0.39, 0.29) is 25.8 Å². The van der Waals surface area contributed by atoms with Crippen molar-refractivity contribution in [3.05, 3.63) is 41.5 Å². The highest BCUT2D eigenvalue weighted by Crippen LogP contribution is 2.46. The number of rotatable bonds is 6. The zero-order valence-electron chi connectivity index (χ0n) is 30.1. The Balaban J connectivity index is 1.24. The second-order valence-electron chi connectivity index (χ2n) is 15.5. The Morgan fingerprint density at radius 3 is 2.48 bits per heavy atom. The van der Waals surface area contributed by atoms with E-state index in [4.69, 9.17) is 14.2 Å². The summed E-state index contributed by atoms with van der Waals surface area (Å²) in [6, 6.07) is 3.33. The number of allylic oxidation sites excluding steroid dienone is 1. The smallest absolute Gasteiger partial charge is 0.410 e. The Morgan fingerprint density at radius 2 is 1.77 bits per heavy atom. The minimum Gasteiger partial charge on any atom is -0.497 e. The molecule has 6 rings (SSSR count). The molecule has 16 heteroatoms. The Morgan fingerprint density at radius 1 is 1.02 bits per heavy atom. The van der Waals surface area contributed by atoms with E-state index in [1.165, 1.54) is 9.80 Å². The number of nitrogens with one attached hydrogen (secondary N) is 3. The van der Waals surface area contributed by atoms with Gasteiger partial charge in [-0.05, 0) is 82.6 Å². The summed E-state index contributed by atoms with van der Waals surface area (Å²) in [4.78, 5) is 71.3. The van der Waals surface area contributed by atoms with Gasteiger partial charge in [-0.2, -0.15) is 0 Å². The predicted octanol–water partition coefficient (Wildman–Crippen LogP) is 3.01. The molecule has 3 N–H and O–H groups in total. The molecule has 0 bridgehead atoms. The van der Waals surface area contributed by atoms with Crippen LogP contribution < -0.4 is 20.1 Å². The van der Waals surface area contributed by atoms with E-state index in [1.807, 2.05) is 30.4 Å². The summed E-state index contributed by atoms with van der Waals surface area (Å²) in [5.74, 6) is -1.85. The second kappa shape index (κ2) is 14.6. The van der Waals surface area contributed by atoms with Crippen LogP contribution in [-0.4, -0.2) is 96.4 Å². The molecule has 2 aliphatic carbocycles. The molecule has 1 unspecified atom stereocenters. The van der Waals surface area contributed by atoms with E-state index >= 15 is 0 Å². The van der Waals surface area contributed by atoms with Crippen molar-refractivity contribution in [3.63, 3.8) is 0 Å². The van der Waals surface area contributed by atoms with Crippen molar-refractivity contribution in [3.8, 4) is 5.75 Å². The standard InChI is InChI=1S/C36H49N5O10S/c1-35(2,3)51-33(45)37-28-11-9-7-5-6-8-10-24-18-36(24,32(44)39-52(47,48)27-14-15-27)38-30(42)29-17-26(21-41(29)31(28)43)50-34(46)40-19-22-12-13-25(49-4)16-23(22)20-40/h8,10,12-13,16,24,26-29H,5-7,9,11,14-15,17-21H2,1-4H3,(H,37,45)(H,38,42)(H,39,44)/b10-8-/t24-,26+,28-,29?,36+/m0/s1. The average molecular weight is 744 g/mol. The number of carbonyl (C=O) groups excluding carboxylic acids is 5. The van der Waals surface area contributed by atoms with E-state index < -0.39 is 80.4 Å². The molecular formula is C36H49N5O10S. The number of methoxy groups -OCH3 is 1. The lowest BCUT2D eigenvalue weighted by molar-refractivity contribution is -0.141. The fourth-order valence-electron chi connectivity index (χ4n) is 7.14. The van der Waals surface area contributed by atoms with Crippen molar-refractivity contribution in [2.45, 2.75) is 126 Å². The summed E-state index contributed by atoms with van der Waals surface area (Å²) >= 11 is 0. The molecule has 3 heterocycles. The topological polar surface area (TPSA) is 190 Å². The monoisotopic (exact) mass is 743 g/mol. The molecule has 0 spiro atoms. The lowest BCUT2D eigenvalue weighted by atomic mass is 10.0. The van der Waals surface area contributed by atoms with Gasteiger partial charge >= 0.3 is 12.2 Å². The molecule has 1 aromatic rings. The molecule has 284 valence electrons. The van der Waals surface area contributed by atoms with Gasteiger partial charge < -0.3 is 29.7 Å². The van der Waals surface area contributed by atoms with Crippen molar-refractivity contribution in [1.82, 2.24) is 25.2 Å². The van der Waals surface area contributed by atoms with Crippen molar-refractivity contribution >= 4 is 39.9 Å². The van der Waals surface area contributed by atoms with Crippen molar-refractivity contribution < 1.29 is 46.6 Å². The number of hydrogen-bond acceptors (Lipinski definition) is 10. The van der Waals surface area contributed by atoms with Crippen LogP contribution in [0, 0.1) is 5.92 Å². The number of benzene rings is 1. The highest BCUT2D eigenvalue weighted by molar-refractivity contribution is 7.91. The fraction of sp³-hybridized carbons (Fsp3) is 0.639. The average Bonchev–Trinajstić information content (AvgIpc) is 3.96. The number of alkyl carbamates (subject to hydrolysis) is 1. The van der Waals surface area contributed by atoms with Gasteiger partial charge in [-0.15, -0.1) is 0 Å². The van der Waals surface area contributed by atoms with Crippen LogP contribution in [0.2, 0.25) is 0 Å². The molecule has 3 fully saturated rings. The quantitative estimate of drug-likeness (QED) is 0.366. The van der Waals surface area contributed by atoms with Crippen LogP contribution in [0.3, 0.4) is 0 Å². The zero-order chi connectivity index (χ0) is 37.4. The van der Waals surface area contributed by atoms with Crippen LogP contribution in [-0.2, 0) is 47.0 Å². The first-order valence-electron chi connectivity index (χ1n) is 18.0. The van der Waals surface area contributed by atoms with Gasteiger partial charge in [0.25, 0.3) is 5.91 Å². The highest BCUT2D eigenvalue weighted by atomic mass is 32.2. The Labute approximate surface area is 304 Å². The third kappa shape index (κ3) is 8.48. The van der Waals surface area contributed by atoms with Gasteiger partial charge in [0, 0.05) is 25.4 Å². The Kier molecular flexibility index (Phi) is 10.5. The third-order valence-corrected chi connectivity index (χ3v) is 12.0. The molecule has 5 atom stereocenters. The van der Waals surface area contributed by atoms with Crippen molar-refractivity contribution in [2.75, 3.05) is 13.7 Å². The van der Waals surface area contributed by atoms with Gasteiger partial charge in [0.15, 0.2) is 0 Å². The van der Waals surface area contributed by atoms with Gasteiger partial charge in [0.1, 0.15) is 35.1 Å². The summed E-state index contributed by atoms with van der Waals surface area (Å²) in [5, 5.41) is 4.87. The number of nitrogens with zero attached hydrogens (tertiary/aromatic N) is 2. The van der Waals surface area contributed by atoms with Crippen LogP contribution in [0.4, 0.5) is 9.59 Å². The Hall–Kier alpha value is -4.34. The van der Waals surface area contributed by atoms with E-state index in [0.717, 1.165) is 24.0 Å². The maximum Gasteiger partial charge on any atom is 0.410 e. The van der Waals surface area contributed by atoms with Crippen molar-refractivity contribution in [2.24, 2.45) is 5.92 Å². The van der Waals surface area contributed by atoms with Crippen LogP contribution in [0.5, 0.6) is 5.75 Å². The molecular weight excluding hydrogens is 694 g/mol. The van der Waals surface area contributed by atoms with E-state index in [9.17, 15) is 32.4 Å². The first-order valence-corrected chi connectivity index (χ1v) is 19.6. The largest absolute Gasteiger partial charge is 0.497 e. The minimum absolute atomic E-state index is 0.0738. The van der Waals surface area contributed by atoms with E-state index in [1.54, 1.807) is 27.9 Å². The molecule has 5 amide bonds. The number of hydrogen-bond donors (Lipinski definition) is 3. The molecule has 0 radical (unpaired) electrons.